The van der Waals surface area contributed by atoms with Crippen LogP contribution in [0.25, 0.3) is 0 Å². The Hall–Kier alpha value is 0. The predicted octanol–water partition coefficient (Wildman–Crippen LogP) is 5.13. The highest BCUT2D eigenvalue weighted by Gasteiger charge is 2.24. The largest absolute Gasteiger partial charge is 0.0654 e. The fourth-order valence-corrected chi connectivity index (χ4v) is 1.90. The molecule has 0 aliphatic rings. The fourth-order valence-electron chi connectivity index (χ4n) is 1.90. The van der Waals surface area contributed by atoms with E-state index >= 15 is 0 Å². The van der Waals surface area contributed by atoms with Crippen molar-refractivity contribution in [2.75, 3.05) is 0 Å². The van der Waals surface area contributed by atoms with Crippen LogP contribution in [0.2, 0.25) is 0 Å². The average molecular weight is 198 g/mol. The van der Waals surface area contributed by atoms with E-state index in [2.05, 4.69) is 48.5 Å². The van der Waals surface area contributed by atoms with Gasteiger partial charge in [0.2, 0.25) is 0 Å². The van der Waals surface area contributed by atoms with E-state index in [1.54, 1.807) is 0 Å². The molecule has 0 aliphatic carbocycles. The highest BCUT2D eigenvalue weighted by Crippen LogP contribution is 2.34. The molecule has 0 aromatic carbocycles. The van der Waals surface area contributed by atoms with Gasteiger partial charge < -0.3 is 0 Å². The summed E-state index contributed by atoms with van der Waals surface area (Å²) in [7, 11) is 0. The summed E-state index contributed by atoms with van der Waals surface area (Å²) in [6.45, 7) is 16.5. The van der Waals surface area contributed by atoms with Crippen molar-refractivity contribution >= 4 is 0 Å². The van der Waals surface area contributed by atoms with Crippen molar-refractivity contribution in [1.82, 2.24) is 0 Å². The van der Waals surface area contributed by atoms with Crippen LogP contribution in [0.4, 0.5) is 0 Å². The van der Waals surface area contributed by atoms with Crippen LogP contribution in [0.15, 0.2) is 0 Å². The van der Waals surface area contributed by atoms with Crippen molar-refractivity contribution < 1.29 is 0 Å². The van der Waals surface area contributed by atoms with Gasteiger partial charge in [-0.25, -0.2) is 0 Å². The summed E-state index contributed by atoms with van der Waals surface area (Å²) in [5.41, 5.74) is 0.473. The molecule has 0 bridgehead atoms. The quantitative estimate of drug-likeness (QED) is 0.574. The van der Waals surface area contributed by atoms with Crippen LogP contribution in [0, 0.1) is 23.2 Å². The summed E-state index contributed by atoms with van der Waals surface area (Å²) in [5, 5.41) is 0. The van der Waals surface area contributed by atoms with E-state index in [4.69, 9.17) is 0 Å². The zero-order chi connectivity index (χ0) is 11.4. The number of hydrogen-bond donors (Lipinski definition) is 0. The Labute approximate surface area is 91.5 Å². The van der Waals surface area contributed by atoms with Crippen molar-refractivity contribution in [1.29, 1.82) is 0 Å². The van der Waals surface area contributed by atoms with Crippen LogP contribution in [0.3, 0.4) is 0 Å². The van der Waals surface area contributed by atoms with E-state index in [9.17, 15) is 0 Å². The lowest BCUT2D eigenvalue weighted by molar-refractivity contribution is 0.184. The fraction of sp³-hybridized carbons (Fsp3) is 1.00. The Kier molecular flexibility index (Phi) is 5.78. The van der Waals surface area contributed by atoms with E-state index in [-0.39, 0.29) is 0 Å². The molecule has 2 unspecified atom stereocenters. The second-order valence-electron chi connectivity index (χ2n) is 6.30. The van der Waals surface area contributed by atoms with Gasteiger partial charge in [0.15, 0.2) is 0 Å². The van der Waals surface area contributed by atoms with E-state index in [0.29, 0.717) is 5.41 Å². The molecule has 0 heteroatoms. The molecule has 0 aliphatic heterocycles. The summed E-state index contributed by atoms with van der Waals surface area (Å²) in [6, 6.07) is 0. The van der Waals surface area contributed by atoms with Gasteiger partial charge in [0.25, 0.3) is 0 Å². The first-order valence-corrected chi connectivity index (χ1v) is 6.29. The summed E-state index contributed by atoms with van der Waals surface area (Å²) in [4.78, 5) is 0. The summed E-state index contributed by atoms with van der Waals surface area (Å²) in [6.07, 6.45) is 4.13. The zero-order valence-corrected chi connectivity index (χ0v) is 11.4. The lowest BCUT2D eigenvalue weighted by atomic mass is 9.74. The lowest BCUT2D eigenvalue weighted by Gasteiger charge is -2.32. The third kappa shape index (κ3) is 5.02. The van der Waals surface area contributed by atoms with Gasteiger partial charge in [0.05, 0.1) is 0 Å². The minimum absolute atomic E-state index is 0.473. The van der Waals surface area contributed by atoms with Gasteiger partial charge in [0, 0.05) is 0 Å². The van der Waals surface area contributed by atoms with Crippen LogP contribution in [-0.2, 0) is 0 Å². The first kappa shape index (κ1) is 14.0. The van der Waals surface area contributed by atoms with Crippen LogP contribution in [-0.4, -0.2) is 0 Å². The molecule has 0 N–H and O–H groups in total. The van der Waals surface area contributed by atoms with Gasteiger partial charge in [-0.05, 0) is 29.6 Å². The number of hydrogen-bond acceptors (Lipinski definition) is 0. The Morgan fingerprint density at radius 3 is 1.79 bits per heavy atom. The molecule has 0 saturated heterocycles. The minimum atomic E-state index is 0.473. The van der Waals surface area contributed by atoms with Crippen molar-refractivity contribution in [3.63, 3.8) is 0 Å². The van der Waals surface area contributed by atoms with Gasteiger partial charge in [-0.3, -0.25) is 0 Å². The lowest BCUT2D eigenvalue weighted by Crippen LogP contribution is -2.22. The Morgan fingerprint density at radius 2 is 1.50 bits per heavy atom. The van der Waals surface area contributed by atoms with Gasteiger partial charge in [-0.2, -0.15) is 0 Å². The maximum Gasteiger partial charge on any atom is -0.0357 e. The average Bonchev–Trinajstić information content (AvgIpc) is 2.01. The molecule has 0 heterocycles. The first-order valence-electron chi connectivity index (χ1n) is 6.29. The maximum absolute atomic E-state index is 2.41. The van der Waals surface area contributed by atoms with Gasteiger partial charge in [-0.15, -0.1) is 0 Å². The highest BCUT2D eigenvalue weighted by molar-refractivity contribution is 4.74. The van der Waals surface area contributed by atoms with Crippen molar-refractivity contribution in [3.05, 3.63) is 0 Å². The number of rotatable bonds is 5. The SMILES string of the molecule is CCCC(CC(C)C(C)(C)C)C(C)C. The van der Waals surface area contributed by atoms with E-state index in [0.717, 1.165) is 17.8 Å². The molecule has 0 nitrogen and oxygen atoms in total. The van der Waals surface area contributed by atoms with Crippen molar-refractivity contribution in [2.24, 2.45) is 23.2 Å². The van der Waals surface area contributed by atoms with Crippen LogP contribution >= 0.6 is 0 Å². The molecule has 0 saturated carbocycles. The van der Waals surface area contributed by atoms with Crippen LogP contribution < -0.4 is 0 Å². The zero-order valence-electron chi connectivity index (χ0n) is 11.4. The standard InChI is InChI=1S/C14H30/c1-8-9-13(11(2)3)10-12(4)14(5,6)7/h11-13H,8-10H2,1-7H3. The maximum atomic E-state index is 2.41. The molecular formula is C14H30. The minimum Gasteiger partial charge on any atom is -0.0654 e. The molecule has 0 rings (SSSR count). The summed E-state index contributed by atoms with van der Waals surface area (Å²) < 4.78 is 0. The molecule has 0 aromatic heterocycles. The Balaban J connectivity index is 4.16. The van der Waals surface area contributed by atoms with E-state index in [1.807, 2.05) is 0 Å². The van der Waals surface area contributed by atoms with Crippen LogP contribution in [0.1, 0.15) is 67.7 Å². The normalized spacial score (nSPS) is 17.1. The van der Waals surface area contributed by atoms with Crippen LogP contribution in [0.5, 0.6) is 0 Å². The Bertz CT molecular complexity index is 139. The molecule has 0 spiro atoms. The molecule has 0 amide bonds. The highest BCUT2D eigenvalue weighted by atomic mass is 14.3. The second kappa shape index (κ2) is 5.78. The molecule has 86 valence electrons. The molecule has 0 fully saturated rings. The summed E-state index contributed by atoms with van der Waals surface area (Å²) >= 11 is 0. The van der Waals surface area contributed by atoms with E-state index in [1.165, 1.54) is 19.3 Å². The first-order chi connectivity index (χ1) is 6.29. The molecule has 0 radical (unpaired) electrons. The molecule has 2 atom stereocenters. The smallest absolute Gasteiger partial charge is 0.0357 e. The van der Waals surface area contributed by atoms with Crippen molar-refractivity contribution in [2.45, 2.75) is 67.7 Å². The van der Waals surface area contributed by atoms with E-state index < -0.39 is 0 Å². The Morgan fingerprint density at radius 1 is 1.00 bits per heavy atom. The van der Waals surface area contributed by atoms with Crippen molar-refractivity contribution in [3.8, 4) is 0 Å². The predicted molar refractivity (Wildman–Crippen MR) is 66.5 cm³/mol. The molecule has 0 aromatic rings. The van der Waals surface area contributed by atoms with Gasteiger partial charge in [0.1, 0.15) is 0 Å². The third-order valence-electron chi connectivity index (χ3n) is 3.74. The molecular weight excluding hydrogens is 168 g/mol. The van der Waals surface area contributed by atoms with Gasteiger partial charge >= 0.3 is 0 Å². The molecule has 14 heavy (non-hydrogen) atoms. The topological polar surface area (TPSA) is 0 Å². The third-order valence-corrected chi connectivity index (χ3v) is 3.74. The monoisotopic (exact) mass is 198 g/mol. The second-order valence-corrected chi connectivity index (χ2v) is 6.30. The van der Waals surface area contributed by atoms with Gasteiger partial charge in [-0.1, -0.05) is 61.3 Å². The summed E-state index contributed by atoms with van der Waals surface area (Å²) in [5.74, 6) is 2.61.